The Bertz CT molecular complexity index is 1490. The second kappa shape index (κ2) is 15.9. The van der Waals surface area contributed by atoms with Crippen molar-refractivity contribution in [3.8, 4) is 5.88 Å². The number of amides is 4. The average Bonchev–Trinajstić information content (AvgIpc) is 3.08. The van der Waals surface area contributed by atoms with Gasteiger partial charge < -0.3 is 30.5 Å². The van der Waals surface area contributed by atoms with E-state index in [0.29, 0.717) is 31.7 Å². The fourth-order valence-electron chi connectivity index (χ4n) is 5.82. The number of anilines is 1. The van der Waals surface area contributed by atoms with E-state index in [0.717, 1.165) is 24.4 Å². The number of methoxy groups -OCH3 is 1. The lowest BCUT2D eigenvalue weighted by molar-refractivity contribution is -0.150. The van der Waals surface area contributed by atoms with E-state index in [1.807, 2.05) is 12.4 Å². The number of nitrogens with one attached hydrogen (secondary N) is 3. The Morgan fingerprint density at radius 3 is 2.29 bits per heavy atom. The van der Waals surface area contributed by atoms with Gasteiger partial charge in [-0.2, -0.15) is 8.78 Å². The molecule has 2 atom stereocenters. The first-order valence-electron chi connectivity index (χ1n) is 16.1. The summed E-state index contributed by atoms with van der Waals surface area (Å²) >= 11 is 0. The van der Waals surface area contributed by atoms with Crippen LogP contribution in [0, 0.1) is 11.7 Å². The van der Waals surface area contributed by atoms with Gasteiger partial charge in [-0.15, -0.1) is 0 Å². The lowest BCUT2D eigenvalue weighted by Crippen LogP contribution is -2.54. The van der Waals surface area contributed by atoms with Gasteiger partial charge in [-0.3, -0.25) is 19.2 Å². The molecule has 16 heteroatoms. The maximum absolute atomic E-state index is 15.4. The third-order valence-electron chi connectivity index (χ3n) is 8.90. The summed E-state index contributed by atoms with van der Waals surface area (Å²) in [5.41, 5.74) is -0.826. The van der Waals surface area contributed by atoms with Crippen LogP contribution in [0.5, 0.6) is 5.88 Å². The molecule has 1 aliphatic heterocycles. The minimum Gasteiger partial charge on any atom is -0.481 e. The van der Waals surface area contributed by atoms with Crippen LogP contribution in [0.15, 0.2) is 36.5 Å². The Morgan fingerprint density at radius 1 is 1.04 bits per heavy atom. The number of aromatic nitrogens is 1. The van der Waals surface area contributed by atoms with E-state index in [4.69, 9.17) is 4.74 Å². The Hall–Kier alpha value is -4.34. The number of benzene rings is 1. The summed E-state index contributed by atoms with van der Waals surface area (Å²) in [7, 11) is 3.21. The van der Waals surface area contributed by atoms with Crippen molar-refractivity contribution in [2.75, 3.05) is 45.7 Å². The van der Waals surface area contributed by atoms with E-state index in [-0.39, 0.29) is 49.1 Å². The van der Waals surface area contributed by atoms with Crippen LogP contribution in [0.2, 0.25) is 0 Å². The Balaban J connectivity index is 1.51. The largest absolute Gasteiger partial charge is 0.481 e. The molecule has 4 amide bonds. The fraction of sp³-hybridized carbons (Fsp3) is 0.545. The Morgan fingerprint density at radius 2 is 1.71 bits per heavy atom. The first-order chi connectivity index (χ1) is 23.1. The molecule has 49 heavy (non-hydrogen) atoms. The summed E-state index contributed by atoms with van der Waals surface area (Å²) in [6.45, 7) is 3.88. The van der Waals surface area contributed by atoms with Crippen LogP contribution in [0.1, 0.15) is 50.2 Å². The molecule has 268 valence electrons. The SMILES string of the molecule is CCC(=O)NC(Cc1ccc(NC(=O)C(NC(=O)C(F)(F)c2ccc(OC)nc2)C2CCC(F)(F)CC2)c(F)c1)C(=O)N1CCN(C)CC1. The highest BCUT2D eigenvalue weighted by Crippen LogP contribution is 2.38. The molecule has 3 N–H and O–H groups in total. The number of rotatable bonds is 12. The van der Waals surface area contributed by atoms with Gasteiger partial charge in [0, 0.05) is 69.7 Å². The van der Waals surface area contributed by atoms with E-state index >= 15 is 13.2 Å². The molecule has 4 rings (SSSR count). The number of hydrogen-bond acceptors (Lipinski definition) is 7. The third-order valence-corrected chi connectivity index (χ3v) is 8.90. The van der Waals surface area contributed by atoms with Gasteiger partial charge in [-0.25, -0.2) is 18.2 Å². The molecule has 1 saturated carbocycles. The number of carbonyl (C=O) groups excluding carboxylic acids is 4. The van der Waals surface area contributed by atoms with Crippen LogP contribution in [-0.4, -0.2) is 96.8 Å². The van der Waals surface area contributed by atoms with Crippen LogP contribution in [-0.2, 0) is 31.5 Å². The van der Waals surface area contributed by atoms with Crippen LogP contribution in [0.3, 0.4) is 0 Å². The van der Waals surface area contributed by atoms with Gasteiger partial charge in [-0.05, 0) is 49.6 Å². The smallest absolute Gasteiger partial charge is 0.351 e. The highest BCUT2D eigenvalue weighted by molar-refractivity contribution is 5.98. The highest BCUT2D eigenvalue weighted by Gasteiger charge is 2.46. The molecule has 2 aliphatic rings. The van der Waals surface area contributed by atoms with Crippen LogP contribution < -0.4 is 20.7 Å². The molecule has 2 heterocycles. The van der Waals surface area contributed by atoms with Crippen LogP contribution in [0.25, 0.3) is 0 Å². The van der Waals surface area contributed by atoms with Crippen molar-refractivity contribution in [3.05, 3.63) is 53.5 Å². The summed E-state index contributed by atoms with van der Waals surface area (Å²) in [5.74, 6) is -12.6. The van der Waals surface area contributed by atoms with Crippen LogP contribution >= 0.6 is 0 Å². The maximum atomic E-state index is 15.4. The second-order valence-electron chi connectivity index (χ2n) is 12.4. The molecule has 11 nitrogen and oxygen atoms in total. The number of likely N-dealkylation sites (N-methyl/N-ethyl adjacent to an activating group) is 1. The minimum absolute atomic E-state index is 0.0243. The predicted octanol–water partition coefficient (Wildman–Crippen LogP) is 3.48. The summed E-state index contributed by atoms with van der Waals surface area (Å²) in [5, 5.41) is 7.01. The minimum atomic E-state index is -4.16. The third kappa shape index (κ3) is 9.64. The predicted molar refractivity (Wildman–Crippen MR) is 169 cm³/mol. The molecule has 2 unspecified atom stereocenters. The average molecular weight is 697 g/mol. The summed E-state index contributed by atoms with van der Waals surface area (Å²) in [6, 6.07) is 3.08. The van der Waals surface area contributed by atoms with E-state index in [2.05, 4.69) is 20.5 Å². The quantitative estimate of drug-likeness (QED) is 0.290. The van der Waals surface area contributed by atoms with Crippen molar-refractivity contribution in [3.63, 3.8) is 0 Å². The number of halogens is 5. The Labute approximate surface area is 280 Å². The number of piperazine rings is 1. The van der Waals surface area contributed by atoms with Gasteiger partial charge in [0.2, 0.25) is 29.5 Å². The van der Waals surface area contributed by atoms with Crippen molar-refractivity contribution in [1.29, 1.82) is 0 Å². The van der Waals surface area contributed by atoms with E-state index in [9.17, 15) is 28.0 Å². The summed E-state index contributed by atoms with van der Waals surface area (Å²) < 4.78 is 78.5. The zero-order chi connectivity index (χ0) is 35.9. The number of nitrogens with zero attached hydrogens (tertiary/aromatic N) is 3. The first-order valence-corrected chi connectivity index (χ1v) is 16.1. The van der Waals surface area contributed by atoms with Crippen molar-refractivity contribution in [2.45, 2.75) is 69.4 Å². The molecular weight excluding hydrogens is 655 g/mol. The molecule has 0 spiro atoms. The number of alkyl halides is 4. The van der Waals surface area contributed by atoms with E-state index < -0.39 is 65.9 Å². The second-order valence-corrected chi connectivity index (χ2v) is 12.4. The van der Waals surface area contributed by atoms with Crippen molar-refractivity contribution in [2.24, 2.45) is 5.92 Å². The summed E-state index contributed by atoms with van der Waals surface area (Å²) in [6.07, 6.45) is -0.938. The Kier molecular flexibility index (Phi) is 12.2. The topological polar surface area (TPSA) is 133 Å². The molecule has 1 aliphatic carbocycles. The molecule has 2 aromatic rings. The number of carbonyl (C=O) groups is 4. The van der Waals surface area contributed by atoms with Gasteiger partial charge in [0.25, 0.3) is 5.91 Å². The van der Waals surface area contributed by atoms with Crippen LogP contribution in [0.4, 0.5) is 27.6 Å². The normalized spacial score (nSPS) is 18.2. The fourth-order valence-corrected chi connectivity index (χ4v) is 5.82. The standard InChI is InChI=1S/C33H41F5N6O5/c1-4-26(45)40-25(30(47)44-15-13-43(2)14-16-44)18-20-5-7-24(23(34)17-20)41-29(46)28(21-9-11-32(35,36)12-10-21)42-31(48)33(37,38)22-6-8-27(49-3)39-19-22/h5-8,17,19,21,25,28H,4,9-16,18H2,1-3H3,(H,40,45)(H,41,46)(H,42,48). The van der Waals surface area contributed by atoms with E-state index in [1.54, 1.807) is 11.8 Å². The lowest BCUT2D eigenvalue weighted by Gasteiger charge is -2.35. The lowest BCUT2D eigenvalue weighted by atomic mass is 9.81. The van der Waals surface area contributed by atoms with Crippen molar-refractivity contribution < 1.29 is 45.9 Å². The van der Waals surface area contributed by atoms with Gasteiger partial charge >= 0.3 is 5.92 Å². The van der Waals surface area contributed by atoms with Gasteiger partial charge in [0.1, 0.15) is 17.9 Å². The van der Waals surface area contributed by atoms with Crippen molar-refractivity contribution in [1.82, 2.24) is 25.4 Å². The molecular formula is C33H41F5N6O5. The zero-order valence-electron chi connectivity index (χ0n) is 27.5. The summed E-state index contributed by atoms with van der Waals surface area (Å²) in [4.78, 5) is 59.2. The molecule has 1 aromatic carbocycles. The molecule has 1 aromatic heterocycles. The monoisotopic (exact) mass is 696 g/mol. The van der Waals surface area contributed by atoms with E-state index in [1.165, 1.54) is 19.2 Å². The number of hydrogen-bond donors (Lipinski definition) is 3. The van der Waals surface area contributed by atoms with Gasteiger partial charge in [-0.1, -0.05) is 13.0 Å². The first kappa shape index (κ1) is 37.5. The number of pyridine rings is 1. The van der Waals surface area contributed by atoms with Gasteiger partial charge in [0.15, 0.2) is 0 Å². The number of ether oxygens (including phenoxy) is 1. The maximum Gasteiger partial charge on any atom is 0.351 e. The molecule has 0 bridgehead atoms. The van der Waals surface area contributed by atoms with Crippen molar-refractivity contribution >= 4 is 29.3 Å². The molecule has 0 radical (unpaired) electrons. The molecule has 1 saturated heterocycles. The molecule has 2 fully saturated rings. The highest BCUT2D eigenvalue weighted by atomic mass is 19.3. The van der Waals surface area contributed by atoms with Gasteiger partial charge in [0.05, 0.1) is 12.8 Å². The zero-order valence-corrected chi connectivity index (χ0v) is 27.5.